The number of aliphatic hydroxyl groups excluding tert-OH is 8. The van der Waals surface area contributed by atoms with E-state index in [0.717, 1.165) is 7.11 Å². The zero-order chi connectivity index (χ0) is 32.2. The van der Waals surface area contributed by atoms with Gasteiger partial charge in [0.2, 0.25) is 5.43 Å². The van der Waals surface area contributed by atoms with E-state index in [2.05, 4.69) is 0 Å². The maximum Gasteiger partial charge on any atom is 0.204 e. The lowest BCUT2D eigenvalue weighted by Crippen LogP contribution is -2.55. The Hall–Kier alpha value is -3.29. The van der Waals surface area contributed by atoms with Crippen LogP contribution in [0.15, 0.2) is 21.3 Å². The van der Waals surface area contributed by atoms with Gasteiger partial charge in [-0.3, -0.25) is 4.79 Å². The zero-order valence-corrected chi connectivity index (χ0v) is 23.7. The van der Waals surface area contributed by atoms with Crippen LogP contribution in [0.3, 0.4) is 0 Å². The molecule has 10 atom stereocenters. The molecule has 1 aromatic heterocycles. The number of hydrogen-bond acceptors (Lipinski definition) is 16. The van der Waals surface area contributed by atoms with Crippen molar-refractivity contribution in [3.05, 3.63) is 33.5 Å². The molecule has 0 saturated carbocycles. The normalized spacial score (nSPS) is 32.6. The average Bonchev–Trinajstić information content (AvgIpc) is 3.02. The van der Waals surface area contributed by atoms with Crippen molar-refractivity contribution in [1.29, 1.82) is 0 Å². The monoisotopic (exact) mass is 626 g/mol. The fourth-order valence-corrected chi connectivity index (χ4v) is 5.84. The molecule has 16 nitrogen and oxygen atoms in total. The van der Waals surface area contributed by atoms with Crippen LogP contribution in [-0.4, -0.2) is 129 Å². The van der Waals surface area contributed by atoms with Gasteiger partial charge in [-0.2, -0.15) is 0 Å². The second-order valence-electron chi connectivity index (χ2n) is 10.5. The number of fused-ring (bicyclic) bond motifs is 2. The summed E-state index contributed by atoms with van der Waals surface area (Å²) in [6.45, 7) is -1.62. The predicted octanol–water partition coefficient (Wildman–Crippen LogP) is -2.29. The number of benzene rings is 2. The number of hydrogen-bond donors (Lipinski definition) is 9. The Morgan fingerprint density at radius 1 is 0.705 bits per heavy atom. The van der Waals surface area contributed by atoms with Gasteiger partial charge in [-0.25, -0.2) is 0 Å². The molecule has 44 heavy (non-hydrogen) atoms. The molecule has 5 rings (SSSR count). The summed E-state index contributed by atoms with van der Waals surface area (Å²) in [4.78, 5) is 14.1. The third kappa shape index (κ3) is 4.83. The van der Waals surface area contributed by atoms with Gasteiger partial charge in [-0.15, -0.1) is 0 Å². The summed E-state index contributed by atoms with van der Waals surface area (Å²) in [6, 6.07) is 2.63. The second kappa shape index (κ2) is 12.2. The van der Waals surface area contributed by atoms with Crippen molar-refractivity contribution < 1.29 is 74.1 Å². The van der Waals surface area contributed by atoms with Gasteiger partial charge in [0.15, 0.2) is 17.1 Å². The minimum atomic E-state index is -1.95. The molecule has 10 unspecified atom stereocenters. The van der Waals surface area contributed by atoms with Crippen molar-refractivity contribution in [3.8, 4) is 23.0 Å². The summed E-state index contributed by atoms with van der Waals surface area (Å²) in [5.74, 6) is -0.944. The second-order valence-corrected chi connectivity index (χ2v) is 10.5. The summed E-state index contributed by atoms with van der Waals surface area (Å²) in [6.07, 6.45) is -17.5. The van der Waals surface area contributed by atoms with Crippen LogP contribution >= 0.6 is 0 Å². The van der Waals surface area contributed by atoms with E-state index in [0.29, 0.717) is 0 Å². The highest BCUT2D eigenvalue weighted by atomic mass is 16.6. The van der Waals surface area contributed by atoms with Crippen molar-refractivity contribution in [2.45, 2.75) is 61.0 Å². The van der Waals surface area contributed by atoms with Crippen LogP contribution in [0.4, 0.5) is 0 Å². The van der Waals surface area contributed by atoms with Gasteiger partial charge < -0.3 is 74.1 Å². The SMILES string of the molecule is COc1cc2oc3c(C4OC(CO)C(O)C(O)C4O)c(OC)c(C4OC(CO)C(O)C(O)C4O)c(O)c3c(=O)c2cc1OC. The van der Waals surface area contributed by atoms with Gasteiger partial charge in [0.25, 0.3) is 0 Å². The number of phenolic OH excluding ortho intramolecular Hbond substituents is 1. The van der Waals surface area contributed by atoms with Crippen LogP contribution in [0.1, 0.15) is 23.3 Å². The lowest BCUT2D eigenvalue weighted by Gasteiger charge is -2.42. The number of ether oxygens (including phenoxy) is 5. The van der Waals surface area contributed by atoms with E-state index in [1.807, 2.05) is 0 Å². The highest BCUT2D eigenvalue weighted by molar-refractivity contribution is 5.98. The molecule has 2 aliphatic rings. The summed E-state index contributed by atoms with van der Waals surface area (Å²) in [5, 5.41) is 94.6. The van der Waals surface area contributed by atoms with Gasteiger partial charge in [-0.1, -0.05) is 0 Å². The molecule has 0 radical (unpaired) electrons. The number of rotatable bonds is 7. The molecule has 0 spiro atoms. The molecular formula is C28H34O16. The number of aliphatic hydroxyl groups is 8. The van der Waals surface area contributed by atoms with Gasteiger partial charge in [-0.05, 0) is 6.07 Å². The molecule has 2 aromatic carbocycles. The van der Waals surface area contributed by atoms with Crippen molar-refractivity contribution in [1.82, 2.24) is 0 Å². The fraction of sp³-hybridized carbons (Fsp3) is 0.536. The van der Waals surface area contributed by atoms with Crippen molar-refractivity contribution in [2.24, 2.45) is 0 Å². The lowest BCUT2D eigenvalue weighted by molar-refractivity contribution is -0.233. The van der Waals surface area contributed by atoms with Crippen LogP contribution < -0.4 is 19.6 Å². The molecule has 242 valence electrons. The topological polar surface area (TPSA) is 258 Å². The summed E-state index contributed by atoms with van der Waals surface area (Å²) in [5.41, 5.74) is -2.11. The first-order chi connectivity index (χ1) is 20.9. The van der Waals surface area contributed by atoms with Crippen LogP contribution in [0.25, 0.3) is 21.9 Å². The smallest absolute Gasteiger partial charge is 0.204 e. The molecule has 2 fully saturated rings. The number of aromatic hydroxyl groups is 1. The van der Waals surface area contributed by atoms with Gasteiger partial charge >= 0.3 is 0 Å². The molecule has 9 N–H and O–H groups in total. The van der Waals surface area contributed by atoms with Crippen LogP contribution in [0.5, 0.6) is 23.0 Å². The molecule has 2 aliphatic heterocycles. The van der Waals surface area contributed by atoms with E-state index in [9.17, 15) is 50.8 Å². The third-order valence-electron chi connectivity index (χ3n) is 8.18. The first kappa shape index (κ1) is 32.1. The summed E-state index contributed by atoms with van der Waals surface area (Å²) in [7, 11) is 3.81. The van der Waals surface area contributed by atoms with E-state index in [1.165, 1.54) is 26.4 Å². The molecule has 0 bridgehead atoms. The highest BCUT2D eigenvalue weighted by Crippen LogP contribution is 2.51. The van der Waals surface area contributed by atoms with Crippen molar-refractivity contribution >= 4 is 21.9 Å². The highest BCUT2D eigenvalue weighted by Gasteiger charge is 2.50. The minimum absolute atomic E-state index is 0.0759. The van der Waals surface area contributed by atoms with E-state index in [-0.39, 0.29) is 28.0 Å². The molecule has 0 amide bonds. The van der Waals surface area contributed by atoms with E-state index >= 15 is 0 Å². The molecule has 16 heteroatoms. The van der Waals surface area contributed by atoms with Gasteiger partial charge in [0, 0.05) is 6.07 Å². The van der Waals surface area contributed by atoms with Crippen LogP contribution in [0, 0.1) is 0 Å². The average molecular weight is 627 g/mol. The molecule has 0 aliphatic carbocycles. The Morgan fingerprint density at radius 2 is 1.20 bits per heavy atom. The van der Waals surface area contributed by atoms with Crippen LogP contribution in [0.2, 0.25) is 0 Å². The Kier molecular flexibility index (Phi) is 8.94. The van der Waals surface area contributed by atoms with Crippen molar-refractivity contribution in [3.63, 3.8) is 0 Å². The lowest BCUT2D eigenvalue weighted by atomic mass is 9.85. The van der Waals surface area contributed by atoms with E-state index in [4.69, 9.17) is 28.1 Å². The Morgan fingerprint density at radius 3 is 1.68 bits per heavy atom. The van der Waals surface area contributed by atoms with E-state index < -0.39 is 108 Å². The summed E-state index contributed by atoms with van der Waals surface area (Å²) < 4.78 is 33.8. The zero-order valence-electron chi connectivity index (χ0n) is 23.7. The Balaban J connectivity index is 1.92. The maximum atomic E-state index is 14.1. The standard InChI is InChI=1S/C28H34O16/c1-39-10-4-8-9(5-11(10)40-2)42-26-14(17(8)31)20(34)15(27-23(37)21(35)18(32)12(6-29)43-27)25(41-3)16(26)28-24(38)22(36)19(33)13(7-30)44-28/h4-5,12-13,18-19,21-24,27-30,32-38H,6-7H2,1-3H3. The van der Waals surface area contributed by atoms with Gasteiger partial charge in [0.05, 0.1) is 51.1 Å². The van der Waals surface area contributed by atoms with E-state index in [1.54, 1.807) is 0 Å². The van der Waals surface area contributed by atoms with Crippen molar-refractivity contribution in [2.75, 3.05) is 34.5 Å². The minimum Gasteiger partial charge on any atom is -0.506 e. The fourth-order valence-electron chi connectivity index (χ4n) is 5.84. The number of phenols is 1. The Labute approximate surface area is 248 Å². The largest absolute Gasteiger partial charge is 0.506 e. The van der Waals surface area contributed by atoms with Crippen LogP contribution in [-0.2, 0) is 9.47 Å². The number of methoxy groups -OCH3 is 3. The Bertz CT molecular complexity index is 1580. The molecule has 2 saturated heterocycles. The molecular weight excluding hydrogens is 592 g/mol. The summed E-state index contributed by atoms with van der Waals surface area (Å²) >= 11 is 0. The quantitative estimate of drug-likeness (QED) is 0.125. The molecule has 3 aromatic rings. The predicted molar refractivity (Wildman–Crippen MR) is 147 cm³/mol. The first-order valence-electron chi connectivity index (χ1n) is 13.5. The third-order valence-corrected chi connectivity index (χ3v) is 8.18. The maximum absolute atomic E-state index is 14.1. The first-order valence-corrected chi connectivity index (χ1v) is 13.5. The molecule has 3 heterocycles. The van der Waals surface area contributed by atoms with Gasteiger partial charge in [0.1, 0.15) is 83.5 Å².